The summed E-state index contributed by atoms with van der Waals surface area (Å²) in [6.45, 7) is -0.180. The third kappa shape index (κ3) is 21.7. The van der Waals surface area contributed by atoms with Crippen LogP contribution in [0.15, 0.2) is 0 Å². The zero-order chi connectivity index (χ0) is 14.1. The Labute approximate surface area is 101 Å². The van der Waals surface area contributed by atoms with Gasteiger partial charge in [-0.15, -0.1) is 0 Å². The first-order valence-electron chi connectivity index (χ1n) is 4.90. The first-order valence-corrected chi connectivity index (χ1v) is 6.40. The summed E-state index contributed by atoms with van der Waals surface area (Å²) in [4.78, 5) is 18.3. The molecule has 0 rings (SSSR count). The van der Waals surface area contributed by atoms with Crippen molar-refractivity contribution >= 4 is 7.82 Å². The predicted molar refractivity (Wildman–Crippen MR) is 58.9 cm³/mol. The molecule has 106 valence electrons. The molecule has 0 aromatic heterocycles. The molecule has 0 heterocycles. The fourth-order valence-electron chi connectivity index (χ4n) is 0.488. The number of hydrogen-bond donors (Lipinski definition) is 4. The highest BCUT2D eigenvalue weighted by Gasteiger charge is 2.08. The summed E-state index contributed by atoms with van der Waals surface area (Å²) in [7, 11) is 1.19. The maximum atomic E-state index is 10.1. The van der Waals surface area contributed by atoms with Gasteiger partial charge in [0.2, 0.25) is 0 Å². The van der Waals surface area contributed by atoms with Crippen LogP contribution in [-0.2, 0) is 9.09 Å². The molecule has 0 bridgehead atoms. The minimum atomic E-state index is -4.51. The number of likely N-dealkylation sites (N-methyl/N-ethyl adjacent to an activating group) is 1. The van der Waals surface area contributed by atoms with E-state index in [1.807, 2.05) is 21.1 Å². The molecule has 0 spiro atoms. The third-order valence-electron chi connectivity index (χ3n) is 1.44. The minimum absolute atomic E-state index is 0.0147. The Bertz CT molecular complexity index is 220. The molecule has 0 aromatic carbocycles. The fraction of sp³-hybridized carbons (Fsp3) is 1.00. The van der Waals surface area contributed by atoms with E-state index < -0.39 is 13.9 Å². The second kappa shape index (κ2) is 8.96. The van der Waals surface area contributed by atoms with Crippen molar-refractivity contribution < 1.29 is 38.7 Å². The van der Waals surface area contributed by atoms with Crippen LogP contribution >= 0.6 is 7.82 Å². The Balaban J connectivity index is 0. The van der Waals surface area contributed by atoms with Crippen LogP contribution in [-0.4, -0.2) is 78.3 Å². The van der Waals surface area contributed by atoms with Crippen LogP contribution in [0.5, 0.6) is 0 Å². The van der Waals surface area contributed by atoms with Gasteiger partial charge in [-0.1, -0.05) is 0 Å². The Hall–Kier alpha value is -0.0500. The largest absolute Gasteiger partial charge is 0.756 e. The van der Waals surface area contributed by atoms with Gasteiger partial charge in [-0.25, -0.2) is 0 Å². The quantitative estimate of drug-likeness (QED) is 0.311. The first kappa shape index (κ1) is 19.3. The average Bonchev–Trinajstić information content (AvgIpc) is 2.13. The summed E-state index contributed by atoms with van der Waals surface area (Å²) >= 11 is 0. The second-order valence-electron chi connectivity index (χ2n) is 4.33. The standard InChI is InChI=1S/C5H14NO4P.C3H8O3/c1-6(2,3)4-5-10-11(7,8)9;4-1-3(6)2-5/h4-5H2,1-3H3,(H-,7,8,9);3-6H,1-2H2. The third-order valence-corrected chi connectivity index (χ3v) is 1.95. The number of nitrogens with zero attached hydrogens (tertiary/aromatic N) is 1. The molecule has 0 aliphatic heterocycles. The van der Waals surface area contributed by atoms with Crippen molar-refractivity contribution in [3.05, 3.63) is 0 Å². The van der Waals surface area contributed by atoms with Crippen molar-refractivity contribution in [2.75, 3.05) is 47.5 Å². The molecule has 0 radical (unpaired) electrons. The molecule has 0 saturated heterocycles. The van der Waals surface area contributed by atoms with Crippen LogP contribution in [0, 0.1) is 0 Å². The van der Waals surface area contributed by atoms with Crippen molar-refractivity contribution in [1.29, 1.82) is 0 Å². The molecule has 0 aliphatic rings. The predicted octanol–water partition coefficient (Wildman–Crippen LogP) is -2.50. The molecule has 0 aliphatic carbocycles. The SMILES string of the molecule is C[N+](C)(C)CCOP(=O)([O-])O.OCC(O)CO. The number of hydrogen-bond acceptors (Lipinski definition) is 6. The molecule has 17 heavy (non-hydrogen) atoms. The lowest BCUT2D eigenvalue weighted by atomic mass is 10.4. The summed E-state index contributed by atoms with van der Waals surface area (Å²) in [6, 6.07) is 0. The normalized spacial score (nSPS) is 15.1. The van der Waals surface area contributed by atoms with E-state index in [4.69, 9.17) is 20.2 Å². The van der Waals surface area contributed by atoms with Crippen LogP contribution < -0.4 is 4.89 Å². The van der Waals surface area contributed by atoms with Gasteiger partial charge < -0.3 is 34.1 Å². The van der Waals surface area contributed by atoms with E-state index in [1.165, 1.54) is 0 Å². The number of aliphatic hydroxyl groups excluding tert-OH is 3. The highest BCUT2D eigenvalue weighted by Crippen LogP contribution is 2.29. The monoisotopic (exact) mass is 275 g/mol. The van der Waals surface area contributed by atoms with Gasteiger partial charge in [0.25, 0.3) is 7.82 Å². The number of rotatable bonds is 6. The Morgan fingerprint density at radius 1 is 1.29 bits per heavy atom. The van der Waals surface area contributed by atoms with Gasteiger partial charge in [0.1, 0.15) is 19.3 Å². The molecule has 1 unspecified atom stereocenters. The van der Waals surface area contributed by atoms with Gasteiger partial charge in [-0.05, 0) is 0 Å². The second-order valence-corrected chi connectivity index (χ2v) is 5.53. The van der Waals surface area contributed by atoms with E-state index in [0.717, 1.165) is 0 Å². The van der Waals surface area contributed by atoms with Crippen LogP contribution in [0.25, 0.3) is 0 Å². The minimum Gasteiger partial charge on any atom is -0.756 e. The van der Waals surface area contributed by atoms with E-state index in [-0.39, 0.29) is 19.8 Å². The van der Waals surface area contributed by atoms with Gasteiger partial charge in [0.05, 0.1) is 34.4 Å². The molecule has 0 amide bonds. The number of phosphoric acid groups is 1. The zero-order valence-corrected chi connectivity index (χ0v) is 11.2. The molecule has 4 N–H and O–H groups in total. The van der Waals surface area contributed by atoms with Crippen molar-refractivity contribution in [2.45, 2.75) is 6.10 Å². The molecule has 0 fully saturated rings. The van der Waals surface area contributed by atoms with Crippen molar-refractivity contribution in [1.82, 2.24) is 0 Å². The zero-order valence-electron chi connectivity index (χ0n) is 10.3. The molecule has 0 saturated carbocycles. The molecule has 1 atom stereocenters. The van der Waals surface area contributed by atoms with Crippen LogP contribution in [0.4, 0.5) is 0 Å². The van der Waals surface area contributed by atoms with Crippen LogP contribution in [0.3, 0.4) is 0 Å². The number of phosphoric ester groups is 1. The van der Waals surface area contributed by atoms with Crippen LogP contribution in [0.2, 0.25) is 0 Å². The highest BCUT2D eigenvalue weighted by atomic mass is 31.2. The van der Waals surface area contributed by atoms with Gasteiger partial charge in [-0.2, -0.15) is 0 Å². The summed E-state index contributed by atoms with van der Waals surface area (Å²) in [5.41, 5.74) is 0. The molecule has 0 aromatic rings. The average molecular weight is 275 g/mol. The van der Waals surface area contributed by atoms with Gasteiger partial charge in [0.15, 0.2) is 0 Å². The highest BCUT2D eigenvalue weighted by molar-refractivity contribution is 7.44. The molecule has 8 nitrogen and oxygen atoms in total. The molecule has 9 heteroatoms. The summed E-state index contributed by atoms with van der Waals surface area (Å²) in [6.07, 6.45) is -0.954. The van der Waals surface area contributed by atoms with Crippen molar-refractivity contribution in [3.8, 4) is 0 Å². The summed E-state index contributed by atoms with van der Waals surface area (Å²) in [5.74, 6) is 0. The van der Waals surface area contributed by atoms with Crippen molar-refractivity contribution in [3.63, 3.8) is 0 Å². The van der Waals surface area contributed by atoms with Gasteiger partial charge in [-0.3, -0.25) is 4.57 Å². The van der Waals surface area contributed by atoms with E-state index in [9.17, 15) is 9.46 Å². The first-order chi connectivity index (χ1) is 7.52. The summed E-state index contributed by atoms with van der Waals surface area (Å²) in [5, 5.41) is 24.0. The number of quaternary nitrogens is 1. The lowest BCUT2D eigenvalue weighted by Gasteiger charge is -2.25. The maximum absolute atomic E-state index is 10.1. The van der Waals surface area contributed by atoms with E-state index in [2.05, 4.69) is 4.52 Å². The van der Waals surface area contributed by atoms with E-state index in [1.54, 1.807) is 0 Å². The fourth-order valence-corrected chi connectivity index (χ4v) is 0.800. The smallest absolute Gasteiger partial charge is 0.265 e. The van der Waals surface area contributed by atoms with Gasteiger partial charge in [0, 0.05) is 0 Å². The number of aliphatic hydroxyl groups is 3. The molecular formula is C8H22NO7P. The lowest BCUT2D eigenvalue weighted by Crippen LogP contribution is -2.37. The topological polar surface area (TPSA) is 130 Å². The maximum Gasteiger partial charge on any atom is 0.265 e. The van der Waals surface area contributed by atoms with Gasteiger partial charge >= 0.3 is 0 Å². The van der Waals surface area contributed by atoms with Crippen LogP contribution in [0.1, 0.15) is 0 Å². The summed E-state index contributed by atoms with van der Waals surface area (Å²) < 4.78 is 14.8. The Morgan fingerprint density at radius 3 is 1.88 bits per heavy atom. The molecular weight excluding hydrogens is 253 g/mol. The van der Waals surface area contributed by atoms with Crippen molar-refractivity contribution in [2.24, 2.45) is 0 Å². The Morgan fingerprint density at radius 2 is 1.71 bits per heavy atom. The Kier molecular flexibility index (Phi) is 10.2. The lowest BCUT2D eigenvalue weighted by molar-refractivity contribution is -0.870. The van der Waals surface area contributed by atoms with E-state index >= 15 is 0 Å². The van der Waals surface area contributed by atoms with E-state index in [0.29, 0.717) is 11.0 Å².